The molecule has 0 aliphatic rings. The zero-order valence-electron chi connectivity index (χ0n) is 38.8. The van der Waals surface area contributed by atoms with Gasteiger partial charge >= 0.3 is 5.97 Å². The topological polar surface area (TPSA) is 180 Å². The van der Waals surface area contributed by atoms with E-state index in [-0.39, 0.29) is 25.0 Å². The van der Waals surface area contributed by atoms with Gasteiger partial charge < -0.3 is 25.8 Å². The maximum Gasteiger partial charge on any atom is 0.326 e. The molecule has 0 aromatic heterocycles. The van der Waals surface area contributed by atoms with Crippen LogP contribution in [0.4, 0.5) is 0 Å². The van der Waals surface area contributed by atoms with Gasteiger partial charge in [-0.05, 0) is 84.8 Å². The summed E-state index contributed by atoms with van der Waals surface area (Å²) in [5.74, 6) is -3.13. The van der Waals surface area contributed by atoms with E-state index < -0.39 is 68.2 Å². The van der Waals surface area contributed by atoms with Gasteiger partial charge in [-0.25, -0.2) is 17.9 Å². The third-order valence-corrected chi connectivity index (χ3v) is 13.6. The lowest BCUT2D eigenvalue weighted by Crippen LogP contribution is -2.59. The summed E-state index contributed by atoms with van der Waals surface area (Å²) in [7, 11) is -3.97. The minimum absolute atomic E-state index is 0.0281. The van der Waals surface area contributed by atoms with Gasteiger partial charge in [0.2, 0.25) is 27.7 Å². The molecule has 0 aliphatic heterocycles. The number of thioether (sulfide) groups is 1. The average molecular weight is 990 g/mol. The van der Waals surface area contributed by atoms with E-state index in [1.165, 1.54) is 11.8 Å². The molecule has 6 aromatic carbocycles. The number of hydrogen-bond acceptors (Lipinski definition) is 8. The van der Waals surface area contributed by atoms with E-state index in [4.69, 9.17) is 16.3 Å². The molecule has 0 aliphatic carbocycles. The lowest BCUT2D eigenvalue weighted by atomic mass is 9.84. The second-order valence-electron chi connectivity index (χ2n) is 17.6. The number of rotatable bonds is 22. The first kappa shape index (κ1) is 51.9. The van der Waals surface area contributed by atoms with Crippen molar-refractivity contribution in [1.29, 1.82) is 0 Å². The third kappa shape index (κ3) is 15.3. The largest absolute Gasteiger partial charge is 0.488 e. The van der Waals surface area contributed by atoms with Crippen LogP contribution in [0, 0.1) is 0 Å². The zero-order chi connectivity index (χ0) is 49.6. The van der Waals surface area contributed by atoms with Crippen LogP contribution in [0.1, 0.15) is 54.2 Å². The number of amides is 3. The highest BCUT2D eigenvalue weighted by Crippen LogP contribution is 2.48. The van der Waals surface area contributed by atoms with Crippen molar-refractivity contribution in [2.24, 2.45) is 0 Å². The van der Waals surface area contributed by atoms with Gasteiger partial charge in [-0.1, -0.05) is 157 Å². The van der Waals surface area contributed by atoms with Crippen LogP contribution in [0.3, 0.4) is 0 Å². The van der Waals surface area contributed by atoms with E-state index in [2.05, 4.69) is 20.7 Å². The van der Waals surface area contributed by atoms with Crippen molar-refractivity contribution >= 4 is 57.1 Å². The van der Waals surface area contributed by atoms with Crippen LogP contribution in [0.2, 0.25) is 5.02 Å². The predicted octanol–water partition coefficient (Wildman–Crippen LogP) is 7.73. The van der Waals surface area contributed by atoms with Crippen molar-refractivity contribution in [2.75, 3.05) is 12.0 Å². The van der Waals surface area contributed by atoms with Crippen LogP contribution in [0.5, 0.6) is 5.75 Å². The van der Waals surface area contributed by atoms with Crippen LogP contribution in [-0.2, 0) is 53.2 Å². The highest BCUT2D eigenvalue weighted by Gasteiger charge is 2.40. The van der Waals surface area contributed by atoms with Gasteiger partial charge in [0.25, 0.3) is 0 Å². The Labute approximate surface area is 413 Å². The summed E-state index contributed by atoms with van der Waals surface area (Å²) >= 11 is 7.53. The molecular weight excluding hydrogens is 932 g/mol. The third-order valence-electron chi connectivity index (χ3n) is 11.0. The van der Waals surface area contributed by atoms with E-state index >= 15 is 4.79 Å². The minimum atomic E-state index is -3.97. The van der Waals surface area contributed by atoms with Crippen molar-refractivity contribution in [1.82, 2.24) is 20.7 Å². The van der Waals surface area contributed by atoms with E-state index in [0.717, 1.165) is 22.9 Å². The van der Waals surface area contributed by atoms with Gasteiger partial charge in [-0.3, -0.25) is 14.4 Å². The molecule has 0 fully saturated rings. The van der Waals surface area contributed by atoms with Gasteiger partial charge in [0.1, 0.15) is 35.5 Å². The summed E-state index contributed by atoms with van der Waals surface area (Å²) in [4.78, 5) is 56.8. The van der Waals surface area contributed by atoms with Crippen LogP contribution in [0.15, 0.2) is 170 Å². The first-order chi connectivity index (χ1) is 32.9. The molecule has 0 spiro atoms. The van der Waals surface area contributed by atoms with E-state index in [1.807, 2.05) is 112 Å². The molecule has 0 radical (unpaired) electrons. The van der Waals surface area contributed by atoms with Crippen LogP contribution < -0.4 is 25.4 Å². The fourth-order valence-electron chi connectivity index (χ4n) is 7.82. The van der Waals surface area contributed by atoms with Gasteiger partial charge in [0.05, 0.1) is 11.0 Å². The molecule has 0 saturated carbocycles. The average Bonchev–Trinajstić information content (AvgIpc) is 3.32. The normalized spacial score (nSPS) is 13.5. The summed E-state index contributed by atoms with van der Waals surface area (Å²) in [5, 5.41) is 19.1. The molecule has 0 saturated heterocycles. The summed E-state index contributed by atoms with van der Waals surface area (Å²) in [6, 6.07) is 46.2. The molecule has 15 heteroatoms. The number of hydrogen-bond donors (Lipinski definition) is 5. The number of benzene rings is 6. The number of aliphatic carboxylic acids is 1. The number of ether oxygens (including phenoxy) is 1. The molecule has 0 unspecified atom stereocenters. The van der Waals surface area contributed by atoms with E-state index in [1.54, 1.807) is 78.9 Å². The first-order valence-corrected chi connectivity index (χ1v) is 25.6. The molecule has 6 rings (SSSR count). The van der Waals surface area contributed by atoms with Crippen molar-refractivity contribution in [3.63, 3.8) is 0 Å². The standard InChI is InChI=1S/C54H57ClN4O8S2/c1-53(2,3)67-44-31-27-39(28-32-44)33-45(49(60)57-47(52(63)64)35-37-17-9-5-10-18-37)56-51(62)48(58-50(61)46(59-69(4,65)66)34-38-25-29-43(55)30-26-38)36-68-54(40-19-11-6-12-20-40,41-21-13-7-14-22-41)42-23-15-8-16-24-42/h5-32,45-48,59H,33-36H2,1-4H3,(H,56,62)(H,57,60)(H,58,61)(H,63,64)/t45-,46-,47+,48+/m0/s1. The minimum Gasteiger partial charge on any atom is -0.488 e. The van der Waals surface area contributed by atoms with Gasteiger partial charge in [-0.2, -0.15) is 0 Å². The Morgan fingerprint density at radius 2 is 0.928 bits per heavy atom. The number of carboxylic acid groups (broad SMARTS) is 1. The molecule has 12 nitrogen and oxygen atoms in total. The van der Waals surface area contributed by atoms with Gasteiger partial charge in [0, 0.05) is 23.6 Å². The summed E-state index contributed by atoms with van der Waals surface area (Å²) in [5.41, 5.74) is 4.06. The Morgan fingerprint density at radius 1 is 0.551 bits per heavy atom. The predicted molar refractivity (Wildman–Crippen MR) is 273 cm³/mol. The monoisotopic (exact) mass is 988 g/mol. The highest BCUT2D eigenvalue weighted by atomic mass is 35.5. The lowest BCUT2D eigenvalue weighted by Gasteiger charge is -2.37. The SMILES string of the molecule is CC(C)(C)Oc1ccc(C[C@H](NC(=O)[C@@H](CSC(c2ccccc2)(c2ccccc2)c2ccccc2)NC(=O)[C@H](Cc2ccc(Cl)cc2)NS(C)(=O)=O)C(=O)N[C@H](Cc2ccccc2)C(=O)O)cc1. The van der Waals surface area contributed by atoms with Crippen molar-refractivity contribution in [3.8, 4) is 5.75 Å². The Bertz CT molecular complexity index is 2650. The van der Waals surface area contributed by atoms with Crippen molar-refractivity contribution < 1.29 is 37.4 Å². The Balaban J connectivity index is 1.41. The molecule has 5 N–H and O–H groups in total. The van der Waals surface area contributed by atoms with E-state index in [9.17, 15) is 27.9 Å². The highest BCUT2D eigenvalue weighted by molar-refractivity contribution is 8.00. The molecule has 3 amide bonds. The molecule has 4 atom stereocenters. The molecule has 0 bridgehead atoms. The molecule has 360 valence electrons. The summed E-state index contributed by atoms with van der Waals surface area (Å²) < 4.78 is 33.1. The number of nitrogens with one attached hydrogen (secondary N) is 4. The number of halogens is 1. The molecule has 6 aromatic rings. The molecule has 69 heavy (non-hydrogen) atoms. The second kappa shape index (κ2) is 23.7. The molecule has 0 heterocycles. The fraction of sp³-hybridized carbons (Fsp3) is 0.259. The number of carbonyl (C=O) groups is 4. The quantitative estimate of drug-likeness (QED) is 0.0426. The maximum atomic E-state index is 15.1. The Morgan fingerprint density at radius 3 is 1.39 bits per heavy atom. The van der Waals surface area contributed by atoms with Gasteiger partial charge in [-0.15, -0.1) is 11.8 Å². The first-order valence-electron chi connectivity index (χ1n) is 22.4. The van der Waals surface area contributed by atoms with Gasteiger partial charge in [0.15, 0.2) is 0 Å². The second-order valence-corrected chi connectivity index (χ2v) is 21.1. The van der Waals surface area contributed by atoms with Crippen molar-refractivity contribution in [3.05, 3.63) is 208 Å². The van der Waals surface area contributed by atoms with Crippen molar-refractivity contribution in [2.45, 2.75) is 74.5 Å². The Hall–Kier alpha value is -6.45. The number of carbonyl (C=O) groups excluding carboxylic acids is 3. The Kier molecular flexibility index (Phi) is 17.8. The zero-order valence-corrected chi connectivity index (χ0v) is 41.2. The fourth-order valence-corrected chi connectivity index (χ4v) is 10.2. The van der Waals surface area contributed by atoms with Crippen LogP contribution in [-0.4, -0.2) is 79.0 Å². The maximum absolute atomic E-state index is 15.1. The number of sulfonamides is 1. The summed E-state index contributed by atoms with van der Waals surface area (Å²) in [6.45, 7) is 5.75. The van der Waals surface area contributed by atoms with Crippen LogP contribution >= 0.6 is 23.4 Å². The van der Waals surface area contributed by atoms with E-state index in [0.29, 0.717) is 27.5 Å². The molecular formula is C54H57ClN4O8S2. The summed E-state index contributed by atoms with van der Waals surface area (Å²) in [6.07, 6.45) is 0.753. The van der Waals surface area contributed by atoms with Crippen LogP contribution in [0.25, 0.3) is 0 Å². The lowest BCUT2D eigenvalue weighted by molar-refractivity contribution is -0.142. The number of carboxylic acids is 1. The smallest absolute Gasteiger partial charge is 0.326 e.